The van der Waals surface area contributed by atoms with E-state index in [1.165, 1.54) is 0 Å². The number of para-hydroxylation sites is 1. The number of hydrogen-bond donors (Lipinski definition) is 1. The zero-order chi connectivity index (χ0) is 14.2. The highest BCUT2D eigenvalue weighted by Crippen LogP contribution is 2.34. The Hall–Kier alpha value is -1.43. The number of hydrogen-bond acceptors (Lipinski definition) is 4. The predicted octanol–water partition coefficient (Wildman–Crippen LogP) is 1.16. The second-order valence-corrected chi connectivity index (χ2v) is 5.38. The molecule has 2 heterocycles. The first-order chi connectivity index (χ1) is 9.62. The zero-order valence-electron chi connectivity index (χ0n) is 11.5. The number of ether oxygens (including phenoxy) is 2. The van der Waals surface area contributed by atoms with Gasteiger partial charge in [0.15, 0.2) is 5.79 Å². The lowest BCUT2D eigenvalue weighted by Gasteiger charge is -2.31. The molecule has 5 nitrogen and oxygen atoms in total. The smallest absolute Gasteiger partial charge is 0.232 e. The minimum atomic E-state index is -1.06. The summed E-state index contributed by atoms with van der Waals surface area (Å²) in [5.74, 6) is -1.60. The van der Waals surface area contributed by atoms with Crippen molar-refractivity contribution in [3.05, 3.63) is 30.3 Å². The van der Waals surface area contributed by atoms with Crippen LogP contribution < -0.4 is 4.90 Å². The summed E-state index contributed by atoms with van der Waals surface area (Å²) in [5.41, 5.74) is 0.866. The molecule has 0 bridgehead atoms. The molecule has 2 saturated heterocycles. The third-order valence-corrected chi connectivity index (χ3v) is 4.09. The number of rotatable bonds is 3. The molecule has 0 unspecified atom stereocenters. The van der Waals surface area contributed by atoms with E-state index in [0.29, 0.717) is 26.2 Å². The Morgan fingerprint density at radius 1 is 1.30 bits per heavy atom. The van der Waals surface area contributed by atoms with Crippen LogP contribution in [0.15, 0.2) is 30.3 Å². The van der Waals surface area contributed by atoms with E-state index >= 15 is 0 Å². The molecule has 0 aromatic heterocycles. The fraction of sp³-hybridized carbons (Fsp3) is 0.533. The fourth-order valence-corrected chi connectivity index (χ4v) is 2.93. The molecule has 1 amide bonds. The van der Waals surface area contributed by atoms with E-state index in [1.54, 1.807) is 11.8 Å². The summed E-state index contributed by atoms with van der Waals surface area (Å²) < 4.78 is 10.9. The maximum Gasteiger partial charge on any atom is 0.232 e. The van der Waals surface area contributed by atoms with Crippen LogP contribution in [0.2, 0.25) is 0 Å². The van der Waals surface area contributed by atoms with Gasteiger partial charge in [0.2, 0.25) is 5.91 Å². The number of anilines is 1. The lowest BCUT2D eigenvalue weighted by molar-refractivity contribution is -0.219. The van der Waals surface area contributed by atoms with Gasteiger partial charge in [0, 0.05) is 12.2 Å². The van der Waals surface area contributed by atoms with E-state index in [0.717, 1.165) is 5.69 Å². The van der Waals surface area contributed by atoms with Crippen LogP contribution in [-0.4, -0.2) is 42.7 Å². The van der Waals surface area contributed by atoms with Gasteiger partial charge in [-0.05, 0) is 25.5 Å². The molecule has 1 N–H and O–H groups in total. The van der Waals surface area contributed by atoms with Crippen molar-refractivity contribution >= 4 is 11.6 Å². The molecule has 2 aliphatic rings. The van der Waals surface area contributed by atoms with Gasteiger partial charge >= 0.3 is 0 Å². The lowest BCUT2D eigenvalue weighted by Crippen LogP contribution is -2.47. The first kappa shape index (κ1) is 13.5. The number of aliphatic hydroxyl groups excluding tert-OH is 1. The Balaban J connectivity index is 1.76. The molecule has 108 valence electrons. The van der Waals surface area contributed by atoms with Gasteiger partial charge in [-0.1, -0.05) is 18.2 Å². The van der Waals surface area contributed by atoms with Crippen LogP contribution in [0.1, 0.15) is 13.3 Å². The van der Waals surface area contributed by atoms with E-state index in [2.05, 4.69) is 0 Å². The zero-order valence-corrected chi connectivity index (χ0v) is 11.5. The molecule has 2 aliphatic heterocycles. The van der Waals surface area contributed by atoms with Gasteiger partial charge in [0.1, 0.15) is 6.10 Å². The third-order valence-electron chi connectivity index (χ3n) is 4.09. The minimum Gasteiger partial charge on any atom is -0.387 e. The van der Waals surface area contributed by atoms with Gasteiger partial charge in [-0.2, -0.15) is 0 Å². The van der Waals surface area contributed by atoms with Crippen LogP contribution in [-0.2, 0) is 14.3 Å². The van der Waals surface area contributed by atoms with Crippen LogP contribution in [0, 0.1) is 5.92 Å². The van der Waals surface area contributed by atoms with Crippen molar-refractivity contribution in [3.63, 3.8) is 0 Å². The van der Waals surface area contributed by atoms with Crippen molar-refractivity contribution < 1.29 is 19.4 Å². The average molecular weight is 277 g/mol. The van der Waals surface area contributed by atoms with Gasteiger partial charge in [0.05, 0.1) is 19.1 Å². The second-order valence-electron chi connectivity index (χ2n) is 5.38. The molecule has 3 rings (SSSR count). The third kappa shape index (κ3) is 2.22. The largest absolute Gasteiger partial charge is 0.387 e. The van der Waals surface area contributed by atoms with Crippen LogP contribution in [0.5, 0.6) is 0 Å². The van der Waals surface area contributed by atoms with Crippen molar-refractivity contribution in [3.8, 4) is 0 Å². The normalized spacial score (nSPS) is 27.0. The Morgan fingerprint density at radius 2 is 1.95 bits per heavy atom. The summed E-state index contributed by atoms with van der Waals surface area (Å²) in [6, 6.07) is 9.51. The van der Waals surface area contributed by atoms with E-state index in [-0.39, 0.29) is 5.91 Å². The fourth-order valence-electron chi connectivity index (χ4n) is 2.93. The van der Waals surface area contributed by atoms with Crippen molar-refractivity contribution in [1.29, 1.82) is 0 Å². The molecular weight excluding hydrogens is 258 g/mol. The van der Waals surface area contributed by atoms with E-state index in [9.17, 15) is 9.90 Å². The summed E-state index contributed by atoms with van der Waals surface area (Å²) in [5, 5.41) is 10.4. The topological polar surface area (TPSA) is 59.0 Å². The molecule has 20 heavy (non-hydrogen) atoms. The molecule has 0 radical (unpaired) electrons. The van der Waals surface area contributed by atoms with Crippen molar-refractivity contribution in [1.82, 2.24) is 0 Å². The highest BCUT2D eigenvalue weighted by Gasteiger charge is 2.48. The summed E-state index contributed by atoms with van der Waals surface area (Å²) >= 11 is 0. The van der Waals surface area contributed by atoms with Gasteiger partial charge in [-0.3, -0.25) is 4.79 Å². The minimum absolute atomic E-state index is 0.0657. The SMILES string of the molecule is CC1([C@@H](O)[C@H]2CCN(c3ccccc3)C2=O)OCCO1. The highest BCUT2D eigenvalue weighted by molar-refractivity contribution is 5.97. The number of amides is 1. The van der Waals surface area contributed by atoms with Crippen LogP contribution in [0.3, 0.4) is 0 Å². The molecule has 5 heteroatoms. The van der Waals surface area contributed by atoms with Crippen molar-refractivity contribution in [2.75, 3.05) is 24.7 Å². The Kier molecular flexibility index (Phi) is 3.50. The molecular formula is C15H19NO4. The van der Waals surface area contributed by atoms with Gasteiger partial charge in [0.25, 0.3) is 0 Å². The number of carbonyl (C=O) groups is 1. The Morgan fingerprint density at radius 3 is 2.60 bits per heavy atom. The second kappa shape index (κ2) is 5.16. The molecule has 2 fully saturated rings. The molecule has 2 atom stereocenters. The molecule has 0 saturated carbocycles. The predicted molar refractivity (Wildman–Crippen MR) is 73.2 cm³/mol. The van der Waals surface area contributed by atoms with Crippen molar-refractivity contribution in [2.24, 2.45) is 5.92 Å². The quantitative estimate of drug-likeness (QED) is 0.901. The van der Waals surface area contributed by atoms with Gasteiger partial charge in [-0.15, -0.1) is 0 Å². The summed E-state index contributed by atoms with van der Waals surface area (Å²) in [6.07, 6.45) is -0.330. The van der Waals surface area contributed by atoms with Crippen LogP contribution in [0.25, 0.3) is 0 Å². The number of aliphatic hydroxyl groups is 1. The molecule has 1 aromatic carbocycles. The molecule has 1 aromatic rings. The maximum atomic E-state index is 12.5. The van der Waals surface area contributed by atoms with Gasteiger partial charge in [-0.25, -0.2) is 0 Å². The Labute approximate surface area is 118 Å². The first-order valence-electron chi connectivity index (χ1n) is 6.94. The lowest BCUT2D eigenvalue weighted by atomic mass is 9.94. The number of carbonyl (C=O) groups excluding carboxylic acids is 1. The first-order valence-corrected chi connectivity index (χ1v) is 6.94. The monoisotopic (exact) mass is 277 g/mol. The average Bonchev–Trinajstić information content (AvgIpc) is 3.06. The summed E-state index contributed by atoms with van der Waals surface area (Å²) in [6.45, 7) is 3.22. The van der Waals surface area contributed by atoms with E-state index < -0.39 is 17.8 Å². The molecule has 0 aliphatic carbocycles. The summed E-state index contributed by atoms with van der Waals surface area (Å²) in [4.78, 5) is 14.2. The highest BCUT2D eigenvalue weighted by atomic mass is 16.7. The standard InChI is InChI=1S/C15H19NO4/c1-15(19-9-10-20-15)13(17)12-7-8-16(14(12)18)11-5-3-2-4-6-11/h2-6,12-13,17H,7-10H2,1H3/t12-,13+/m1/s1. The van der Waals surface area contributed by atoms with Crippen LogP contribution >= 0.6 is 0 Å². The van der Waals surface area contributed by atoms with E-state index in [1.807, 2.05) is 30.3 Å². The molecule has 0 spiro atoms. The van der Waals surface area contributed by atoms with E-state index in [4.69, 9.17) is 9.47 Å². The number of benzene rings is 1. The van der Waals surface area contributed by atoms with Crippen molar-refractivity contribution in [2.45, 2.75) is 25.2 Å². The Bertz CT molecular complexity index is 484. The van der Waals surface area contributed by atoms with Gasteiger partial charge < -0.3 is 19.5 Å². The summed E-state index contributed by atoms with van der Waals surface area (Å²) in [7, 11) is 0. The maximum absolute atomic E-state index is 12.5. The van der Waals surface area contributed by atoms with Crippen LogP contribution in [0.4, 0.5) is 5.69 Å². The number of nitrogens with zero attached hydrogens (tertiary/aromatic N) is 1.